The van der Waals surface area contributed by atoms with Crippen molar-refractivity contribution in [3.05, 3.63) is 34.6 Å². The van der Waals surface area contributed by atoms with Gasteiger partial charge in [-0.15, -0.1) is 16.6 Å². The molecular formula is C12H10BrN3O. The molecule has 0 aliphatic heterocycles. The average Bonchev–Trinajstić information content (AvgIpc) is 2.79. The zero-order valence-corrected chi connectivity index (χ0v) is 10.6. The van der Waals surface area contributed by atoms with Gasteiger partial charge in [-0.05, 0) is 28.1 Å². The van der Waals surface area contributed by atoms with Crippen LogP contribution in [0.15, 0.2) is 33.2 Å². The van der Waals surface area contributed by atoms with Gasteiger partial charge in [0.05, 0.1) is 18.7 Å². The van der Waals surface area contributed by atoms with Crippen molar-refractivity contribution in [1.82, 2.24) is 15.5 Å². The van der Waals surface area contributed by atoms with Crippen LogP contribution >= 0.6 is 15.9 Å². The minimum Gasteiger partial charge on any atom is -0.419 e. The minimum absolute atomic E-state index is 0.474. The number of rotatable bonds is 4. The summed E-state index contributed by atoms with van der Waals surface area (Å²) >= 11 is 3.44. The number of benzene rings is 1. The lowest BCUT2D eigenvalue weighted by atomic mass is 10.2. The lowest BCUT2D eigenvalue weighted by Gasteiger charge is -1.97. The van der Waals surface area contributed by atoms with Crippen LogP contribution in [0.25, 0.3) is 11.5 Å². The first-order chi connectivity index (χ1) is 8.31. The van der Waals surface area contributed by atoms with E-state index >= 15 is 0 Å². The molecule has 0 atom stereocenters. The van der Waals surface area contributed by atoms with Crippen LogP contribution in [0, 0.1) is 12.3 Å². The number of halogens is 1. The Hall–Kier alpha value is -1.64. The third kappa shape index (κ3) is 2.93. The molecule has 5 heteroatoms. The van der Waals surface area contributed by atoms with Crippen LogP contribution in [-0.4, -0.2) is 16.7 Å². The van der Waals surface area contributed by atoms with E-state index in [4.69, 9.17) is 10.8 Å². The molecule has 0 saturated carbocycles. The highest BCUT2D eigenvalue weighted by Gasteiger charge is 2.10. The van der Waals surface area contributed by atoms with Crippen molar-refractivity contribution in [2.24, 2.45) is 0 Å². The van der Waals surface area contributed by atoms with Gasteiger partial charge in [-0.1, -0.05) is 18.1 Å². The number of nitrogens with one attached hydrogen (secondary N) is 1. The highest BCUT2D eigenvalue weighted by molar-refractivity contribution is 9.10. The van der Waals surface area contributed by atoms with Gasteiger partial charge in [0, 0.05) is 4.47 Å². The van der Waals surface area contributed by atoms with E-state index in [1.165, 1.54) is 0 Å². The summed E-state index contributed by atoms with van der Waals surface area (Å²) in [5.41, 5.74) is 0.878. The van der Waals surface area contributed by atoms with Gasteiger partial charge in [-0.2, -0.15) is 0 Å². The van der Waals surface area contributed by atoms with Crippen molar-refractivity contribution in [2.45, 2.75) is 6.54 Å². The molecule has 0 saturated heterocycles. The SMILES string of the molecule is C#CCNCc1nnc(-c2ccccc2Br)o1. The summed E-state index contributed by atoms with van der Waals surface area (Å²) in [6.07, 6.45) is 5.12. The standard InChI is InChI=1S/C12H10BrN3O/c1-2-7-14-8-11-15-16-12(17-11)9-5-3-4-6-10(9)13/h1,3-6,14H,7-8H2. The topological polar surface area (TPSA) is 51.0 Å². The Kier molecular flexibility index (Phi) is 3.91. The van der Waals surface area contributed by atoms with E-state index in [0.717, 1.165) is 10.0 Å². The number of hydrogen-bond donors (Lipinski definition) is 1. The molecule has 0 amide bonds. The molecule has 4 nitrogen and oxygen atoms in total. The van der Waals surface area contributed by atoms with E-state index in [2.05, 4.69) is 37.4 Å². The largest absolute Gasteiger partial charge is 0.419 e. The van der Waals surface area contributed by atoms with Gasteiger partial charge in [0.2, 0.25) is 11.8 Å². The predicted octanol–water partition coefficient (Wildman–Crippen LogP) is 2.22. The molecule has 86 valence electrons. The Morgan fingerprint density at radius 1 is 1.35 bits per heavy atom. The monoisotopic (exact) mass is 291 g/mol. The first-order valence-electron chi connectivity index (χ1n) is 5.02. The molecule has 0 bridgehead atoms. The van der Waals surface area contributed by atoms with Crippen molar-refractivity contribution in [3.8, 4) is 23.8 Å². The zero-order valence-electron chi connectivity index (χ0n) is 8.98. The summed E-state index contributed by atoms with van der Waals surface area (Å²) in [7, 11) is 0. The van der Waals surface area contributed by atoms with Gasteiger partial charge in [-0.3, -0.25) is 5.32 Å². The smallest absolute Gasteiger partial charge is 0.248 e. The van der Waals surface area contributed by atoms with Crippen molar-refractivity contribution >= 4 is 15.9 Å². The second-order valence-electron chi connectivity index (χ2n) is 3.29. The molecule has 17 heavy (non-hydrogen) atoms. The molecule has 1 N–H and O–H groups in total. The maximum Gasteiger partial charge on any atom is 0.248 e. The zero-order chi connectivity index (χ0) is 12.1. The number of nitrogens with zero attached hydrogens (tertiary/aromatic N) is 2. The van der Waals surface area contributed by atoms with Gasteiger partial charge < -0.3 is 4.42 Å². The summed E-state index contributed by atoms with van der Waals surface area (Å²) in [5.74, 6) is 3.49. The van der Waals surface area contributed by atoms with Gasteiger partial charge in [0.15, 0.2) is 0 Å². The second kappa shape index (κ2) is 5.62. The molecule has 1 heterocycles. The normalized spacial score (nSPS) is 10.1. The summed E-state index contributed by atoms with van der Waals surface area (Å²) in [4.78, 5) is 0. The Morgan fingerprint density at radius 3 is 2.94 bits per heavy atom. The van der Waals surface area contributed by atoms with Crippen LogP contribution in [-0.2, 0) is 6.54 Å². The first kappa shape index (κ1) is 11.8. The quantitative estimate of drug-likeness (QED) is 0.693. The summed E-state index contributed by atoms with van der Waals surface area (Å²) in [6.45, 7) is 0.953. The average molecular weight is 292 g/mol. The molecule has 0 unspecified atom stereocenters. The van der Waals surface area contributed by atoms with Crippen LogP contribution in [0.2, 0.25) is 0 Å². The summed E-state index contributed by atoms with van der Waals surface area (Å²) in [5, 5.41) is 10.9. The molecule has 1 aromatic heterocycles. The number of terminal acetylenes is 1. The third-order valence-electron chi connectivity index (χ3n) is 2.07. The number of aromatic nitrogens is 2. The van der Waals surface area contributed by atoms with E-state index in [0.29, 0.717) is 24.9 Å². The van der Waals surface area contributed by atoms with Crippen molar-refractivity contribution < 1.29 is 4.42 Å². The van der Waals surface area contributed by atoms with Crippen LogP contribution in [0.1, 0.15) is 5.89 Å². The molecule has 0 aliphatic rings. The Labute approximate surface area is 108 Å². The maximum absolute atomic E-state index is 5.51. The molecular weight excluding hydrogens is 282 g/mol. The minimum atomic E-state index is 0.474. The molecule has 0 radical (unpaired) electrons. The molecule has 2 rings (SSSR count). The molecule has 0 fully saturated rings. The Balaban J connectivity index is 2.14. The van der Waals surface area contributed by atoms with E-state index in [-0.39, 0.29) is 0 Å². The van der Waals surface area contributed by atoms with E-state index < -0.39 is 0 Å². The van der Waals surface area contributed by atoms with Crippen LogP contribution in [0.4, 0.5) is 0 Å². The van der Waals surface area contributed by atoms with Gasteiger partial charge in [0.1, 0.15) is 0 Å². The molecule has 0 spiro atoms. The van der Waals surface area contributed by atoms with E-state index in [1.54, 1.807) is 0 Å². The maximum atomic E-state index is 5.51. The number of hydrogen-bond acceptors (Lipinski definition) is 4. The lowest BCUT2D eigenvalue weighted by molar-refractivity contribution is 0.486. The van der Waals surface area contributed by atoms with Crippen molar-refractivity contribution in [2.75, 3.05) is 6.54 Å². The van der Waals surface area contributed by atoms with Crippen molar-refractivity contribution in [1.29, 1.82) is 0 Å². The molecule has 1 aromatic carbocycles. The van der Waals surface area contributed by atoms with Gasteiger partial charge >= 0.3 is 0 Å². The third-order valence-corrected chi connectivity index (χ3v) is 2.77. The highest BCUT2D eigenvalue weighted by Crippen LogP contribution is 2.26. The van der Waals surface area contributed by atoms with Crippen LogP contribution in [0.3, 0.4) is 0 Å². The van der Waals surface area contributed by atoms with E-state index in [1.807, 2.05) is 24.3 Å². The van der Waals surface area contributed by atoms with Gasteiger partial charge in [-0.25, -0.2) is 0 Å². The van der Waals surface area contributed by atoms with E-state index in [9.17, 15) is 0 Å². The van der Waals surface area contributed by atoms with Crippen LogP contribution in [0.5, 0.6) is 0 Å². The fraction of sp³-hybridized carbons (Fsp3) is 0.167. The fourth-order valence-corrected chi connectivity index (χ4v) is 1.76. The summed E-state index contributed by atoms with van der Waals surface area (Å²) < 4.78 is 6.44. The Morgan fingerprint density at radius 2 is 2.18 bits per heavy atom. The molecule has 0 aliphatic carbocycles. The first-order valence-corrected chi connectivity index (χ1v) is 5.82. The fourth-order valence-electron chi connectivity index (χ4n) is 1.31. The Bertz CT molecular complexity index is 545. The predicted molar refractivity (Wildman–Crippen MR) is 68.0 cm³/mol. The molecule has 2 aromatic rings. The lowest BCUT2D eigenvalue weighted by Crippen LogP contribution is -2.13. The van der Waals surface area contributed by atoms with Gasteiger partial charge in [0.25, 0.3) is 0 Å². The van der Waals surface area contributed by atoms with Crippen LogP contribution < -0.4 is 5.32 Å². The second-order valence-corrected chi connectivity index (χ2v) is 4.14. The van der Waals surface area contributed by atoms with Crippen molar-refractivity contribution in [3.63, 3.8) is 0 Å². The summed E-state index contributed by atoms with van der Waals surface area (Å²) in [6, 6.07) is 7.69. The highest BCUT2D eigenvalue weighted by atomic mass is 79.9.